The van der Waals surface area contributed by atoms with E-state index in [0.29, 0.717) is 5.58 Å². The number of hydrogen-bond acceptors (Lipinski definition) is 2. The number of aryl methyl sites for hydroxylation is 1. The lowest BCUT2D eigenvalue weighted by molar-refractivity contribution is 0.487. The van der Waals surface area contributed by atoms with E-state index in [1.165, 1.54) is 25.7 Å². The Morgan fingerprint density at radius 2 is 1.88 bits per heavy atom. The first-order valence-corrected chi connectivity index (χ1v) is 6.41. The zero-order valence-corrected chi connectivity index (χ0v) is 10.3. The fourth-order valence-corrected chi connectivity index (χ4v) is 2.10. The van der Waals surface area contributed by atoms with Gasteiger partial charge in [0.25, 0.3) is 0 Å². The van der Waals surface area contributed by atoms with E-state index < -0.39 is 0 Å². The standard InChI is InChI=1S/C14H19NO2/c1-2-3-4-5-8-11-15-12-9-6-7-10-13(12)17-14(15)16/h6-7,9-10H,2-5,8,11H2,1H3. The molecule has 2 aromatic rings. The van der Waals surface area contributed by atoms with Gasteiger partial charge in [0.2, 0.25) is 0 Å². The van der Waals surface area contributed by atoms with Crippen molar-refractivity contribution < 1.29 is 4.42 Å². The molecule has 0 N–H and O–H groups in total. The zero-order chi connectivity index (χ0) is 12.1. The van der Waals surface area contributed by atoms with Gasteiger partial charge in [0.1, 0.15) is 0 Å². The van der Waals surface area contributed by atoms with Crippen molar-refractivity contribution in [2.24, 2.45) is 0 Å². The zero-order valence-electron chi connectivity index (χ0n) is 10.3. The minimum Gasteiger partial charge on any atom is -0.408 e. The van der Waals surface area contributed by atoms with Gasteiger partial charge in [-0.3, -0.25) is 4.57 Å². The summed E-state index contributed by atoms with van der Waals surface area (Å²) in [6.45, 7) is 2.97. The lowest BCUT2D eigenvalue weighted by atomic mass is 10.1. The van der Waals surface area contributed by atoms with E-state index in [0.717, 1.165) is 18.5 Å². The molecule has 2 rings (SSSR count). The second-order valence-corrected chi connectivity index (χ2v) is 4.40. The molecule has 0 saturated heterocycles. The highest BCUT2D eigenvalue weighted by molar-refractivity contribution is 5.72. The minimum atomic E-state index is -0.235. The monoisotopic (exact) mass is 233 g/mol. The highest BCUT2D eigenvalue weighted by atomic mass is 16.4. The molecule has 0 bridgehead atoms. The number of rotatable bonds is 6. The third kappa shape index (κ3) is 2.78. The molecule has 0 radical (unpaired) electrons. The Labute approximate surface area is 101 Å². The van der Waals surface area contributed by atoms with Crippen LogP contribution in [-0.4, -0.2) is 4.57 Å². The quantitative estimate of drug-likeness (QED) is 0.715. The van der Waals surface area contributed by atoms with Crippen molar-refractivity contribution >= 4 is 11.1 Å². The molecule has 1 aromatic carbocycles. The molecule has 17 heavy (non-hydrogen) atoms. The van der Waals surface area contributed by atoms with Gasteiger partial charge in [-0.1, -0.05) is 44.7 Å². The molecule has 0 atom stereocenters. The summed E-state index contributed by atoms with van der Waals surface area (Å²) in [6, 6.07) is 7.60. The Bertz CT molecular complexity index is 524. The molecule has 0 amide bonds. The number of aromatic nitrogens is 1. The van der Waals surface area contributed by atoms with Crippen molar-refractivity contribution in [3.8, 4) is 0 Å². The lowest BCUT2D eigenvalue weighted by Crippen LogP contribution is -2.14. The number of hydrogen-bond donors (Lipinski definition) is 0. The third-order valence-corrected chi connectivity index (χ3v) is 3.06. The van der Waals surface area contributed by atoms with Crippen molar-refractivity contribution in [2.75, 3.05) is 0 Å². The molecule has 3 heteroatoms. The molecule has 3 nitrogen and oxygen atoms in total. The summed E-state index contributed by atoms with van der Waals surface area (Å²) in [4.78, 5) is 11.7. The van der Waals surface area contributed by atoms with Gasteiger partial charge in [-0.25, -0.2) is 4.79 Å². The highest BCUT2D eigenvalue weighted by Gasteiger charge is 2.07. The largest absolute Gasteiger partial charge is 0.419 e. The first kappa shape index (κ1) is 12.0. The smallest absolute Gasteiger partial charge is 0.408 e. The number of fused-ring (bicyclic) bond motifs is 1. The molecule has 0 saturated carbocycles. The van der Waals surface area contributed by atoms with E-state index in [9.17, 15) is 4.79 Å². The molecule has 1 heterocycles. The normalized spacial score (nSPS) is 11.1. The van der Waals surface area contributed by atoms with Gasteiger partial charge in [-0.05, 0) is 18.6 Å². The second-order valence-electron chi connectivity index (χ2n) is 4.40. The first-order valence-electron chi connectivity index (χ1n) is 6.41. The Morgan fingerprint density at radius 1 is 1.12 bits per heavy atom. The summed E-state index contributed by atoms with van der Waals surface area (Å²) in [7, 11) is 0. The summed E-state index contributed by atoms with van der Waals surface area (Å²) in [5, 5.41) is 0. The van der Waals surface area contributed by atoms with Crippen LogP contribution in [0.4, 0.5) is 0 Å². The van der Waals surface area contributed by atoms with E-state index >= 15 is 0 Å². The molecule has 0 spiro atoms. The Hall–Kier alpha value is -1.51. The van der Waals surface area contributed by atoms with Crippen LogP contribution in [0.1, 0.15) is 39.0 Å². The fourth-order valence-electron chi connectivity index (χ4n) is 2.10. The summed E-state index contributed by atoms with van der Waals surface area (Å²) in [6.07, 6.45) is 6.00. The minimum absolute atomic E-state index is 0.235. The van der Waals surface area contributed by atoms with Crippen LogP contribution in [0.15, 0.2) is 33.5 Å². The lowest BCUT2D eigenvalue weighted by Gasteiger charge is -2.01. The predicted octanol–water partition coefficient (Wildman–Crippen LogP) is 3.56. The van der Waals surface area contributed by atoms with Crippen LogP contribution < -0.4 is 5.76 Å². The van der Waals surface area contributed by atoms with Crippen molar-refractivity contribution in [3.63, 3.8) is 0 Å². The van der Waals surface area contributed by atoms with E-state index in [2.05, 4.69) is 6.92 Å². The van der Waals surface area contributed by atoms with E-state index in [1.54, 1.807) is 4.57 Å². The van der Waals surface area contributed by atoms with Crippen molar-refractivity contribution in [2.45, 2.75) is 45.6 Å². The summed E-state index contributed by atoms with van der Waals surface area (Å²) >= 11 is 0. The van der Waals surface area contributed by atoms with Gasteiger partial charge >= 0.3 is 5.76 Å². The van der Waals surface area contributed by atoms with Crippen LogP contribution in [-0.2, 0) is 6.54 Å². The number of benzene rings is 1. The van der Waals surface area contributed by atoms with Crippen molar-refractivity contribution in [3.05, 3.63) is 34.8 Å². The SMILES string of the molecule is CCCCCCCn1c(=O)oc2ccccc21. The van der Waals surface area contributed by atoms with Gasteiger partial charge < -0.3 is 4.42 Å². The Morgan fingerprint density at radius 3 is 2.71 bits per heavy atom. The maximum Gasteiger partial charge on any atom is 0.419 e. The summed E-state index contributed by atoms with van der Waals surface area (Å²) < 4.78 is 6.92. The van der Waals surface area contributed by atoms with E-state index in [-0.39, 0.29) is 5.76 Å². The molecular weight excluding hydrogens is 214 g/mol. The molecule has 0 aliphatic heterocycles. The van der Waals surface area contributed by atoms with Gasteiger partial charge in [-0.15, -0.1) is 0 Å². The van der Waals surface area contributed by atoms with Crippen LogP contribution in [0.2, 0.25) is 0 Å². The number of para-hydroxylation sites is 2. The van der Waals surface area contributed by atoms with Crippen LogP contribution >= 0.6 is 0 Å². The average Bonchev–Trinajstić information content (AvgIpc) is 2.65. The molecule has 0 fully saturated rings. The van der Waals surface area contributed by atoms with Crippen molar-refractivity contribution in [1.29, 1.82) is 0 Å². The van der Waals surface area contributed by atoms with Gasteiger partial charge in [-0.2, -0.15) is 0 Å². The van der Waals surface area contributed by atoms with E-state index in [4.69, 9.17) is 4.42 Å². The number of unbranched alkanes of at least 4 members (excludes halogenated alkanes) is 4. The molecule has 0 aliphatic rings. The second kappa shape index (κ2) is 5.71. The van der Waals surface area contributed by atoms with Gasteiger partial charge in [0.15, 0.2) is 5.58 Å². The van der Waals surface area contributed by atoms with Gasteiger partial charge in [0, 0.05) is 6.54 Å². The highest BCUT2D eigenvalue weighted by Crippen LogP contribution is 2.13. The predicted molar refractivity (Wildman–Crippen MR) is 69.2 cm³/mol. The molecular formula is C14H19NO2. The van der Waals surface area contributed by atoms with Crippen LogP contribution in [0.5, 0.6) is 0 Å². The maximum absolute atomic E-state index is 11.7. The summed E-state index contributed by atoms with van der Waals surface area (Å²) in [5.41, 5.74) is 1.60. The Balaban J connectivity index is 2.03. The maximum atomic E-state index is 11.7. The fraction of sp³-hybridized carbons (Fsp3) is 0.500. The average molecular weight is 233 g/mol. The Kier molecular flexibility index (Phi) is 4.02. The molecule has 92 valence electrons. The number of nitrogens with zero attached hydrogens (tertiary/aromatic N) is 1. The van der Waals surface area contributed by atoms with Gasteiger partial charge in [0.05, 0.1) is 5.52 Å². The third-order valence-electron chi connectivity index (χ3n) is 3.06. The number of oxazole rings is 1. The summed E-state index contributed by atoms with van der Waals surface area (Å²) in [5.74, 6) is -0.235. The molecule has 0 unspecified atom stereocenters. The molecule has 1 aromatic heterocycles. The van der Waals surface area contributed by atoms with E-state index in [1.807, 2.05) is 24.3 Å². The van der Waals surface area contributed by atoms with Crippen molar-refractivity contribution in [1.82, 2.24) is 4.57 Å². The van der Waals surface area contributed by atoms with Crippen LogP contribution in [0, 0.1) is 0 Å². The first-order chi connectivity index (χ1) is 8.33. The topological polar surface area (TPSA) is 35.1 Å². The molecule has 0 aliphatic carbocycles. The van der Waals surface area contributed by atoms with Crippen LogP contribution in [0.3, 0.4) is 0 Å². The van der Waals surface area contributed by atoms with Crippen LogP contribution in [0.25, 0.3) is 11.1 Å².